The lowest BCUT2D eigenvalue weighted by atomic mass is 9.95. The van der Waals surface area contributed by atoms with Gasteiger partial charge in [-0.1, -0.05) is 12.2 Å². The molecule has 0 radical (unpaired) electrons. The molecule has 1 aliphatic heterocycles. The Bertz CT molecular complexity index is 249. The third kappa shape index (κ3) is 5.09. The molecular formula is C15H28NO2+. The largest absolute Gasteiger partial charge is 0.385 e. The van der Waals surface area contributed by atoms with Gasteiger partial charge in [0.15, 0.2) is 0 Å². The van der Waals surface area contributed by atoms with Gasteiger partial charge in [-0.25, -0.2) is 0 Å². The molecule has 0 saturated carbocycles. The summed E-state index contributed by atoms with van der Waals surface area (Å²) in [4.78, 5) is 1.55. The molecule has 104 valence electrons. The molecule has 2 atom stereocenters. The number of quaternary nitrogens is 1. The Morgan fingerprint density at radius 3 is 2.78 bits per heavy atom. The number of rotatable bonds is 6. The van der Waals surface area contributed by atoms with Gasteiger partial charge in [-0.2, -0.15) is 0 Å². The predicted octanol–water partition coefficient (Wildman–Crippen LogP) is 0.789. The summed E-state index contributed by atoms with van der Waals surface area (Å²) in [7, 11) is 0. The van der Waals surface area contributed by atoms with Crippen molar-refractivity contribution in [3.8, 4) is 0 Å². The first-order chi connectivity index (χ1) is 8.84. The molecule has 0 amide bonds. The average molecular weight is 254 g/mol. The van der Waals surface area contributed by atoms with Crippen molar-refractivity contribution in [2.24, 2.45) is 5.92 Å². The van der Waals surface area contributed by atoms with Gasteiger partial charge in [0.2, 0.25) is 0 Å². The van der Waals surface area contributed by atoms with Gasteiger partial charge in [-0.3, -0.25) is 0 Å². The van der Waals surface area contributed by atoms with Gasteiger partial charge < -0.3 is 14.7 Å². The molecule has 0 aromatic rings. The number of allylic oxidation sites excluding steroid dienone is 2. The molecule has 18 heavy (non-hydrogen) atoms. The summed E-state index contributed by atoms with van der Waals surface area (Å²) in [5.41, 5.74) is 0. The average Bonchev–Trinajstić information content (AvgIpc) is 2.41. The van der Waals surface area contributed by atoms with Crippen LogP contribution in [-0.4, -0.2) is 44.1 Å². The van der Waals surface area contributed by atoms with Crippen molar-refractivity contribution in [2.75, 3.05) is 32.8 Å². The Balaban J connectivity index is 1.53. The maximum Gasteiger partial charge on any atom is 0.126 e. The third-order valence-corrected chi connectivity index (χ3v) is 4.13. The van der Waals surface area contributed by atoms with Crippen LogP contribution in [-0.2, 0) is 4.74 Å². The fourth-order valence-electron chi connectivity index (χ4n) is 3.03. The van der Waals surface area contributed by atoms with Crippen molar-refractivity contribution in [3.05, 3.63) is 12.2 Å². The Morgan fingerprint density at radius 2 is 2.06 bits per heavy atom. The summed E-state index contributed by atoms with van der Waals surface area (Å²) >= 11 is 0. The Kier molecular flexibility index (Phi) is 6.18. The van der Waals surface area contributed by atoms with Crippen molar-refractivity contribution in [1.82, 2.24) is 0 Å². The summed E-state index contributed by atoms with van der Waals surface area (Å²) in [6.45, 7) is 4.65. The van der Waals surface area contributed by atoms with Gasteiger partial charge in [0.1, 0.15) is 12.6 Å². The predicted molar refractivity (Wildman–Crippen MR) is 72.7 cm³/mol. The minimum absolute atomic E-state index is 0.280. The minimum Gasteiger partial charge on any atom is -0.385 e. The number of aliphatic hydroxyl groups excluding tert-OH is 1. The molecule has 2 N–H and O–H groups in total. The number of nitrogens with one attached hydrogen (secondary N) is 1. The molecule has 2 rings (SSSR count). The van der Waals surface area contributed by atoms with Crippen LogP contribution in [0.15, 0.2) is 12.2 Å². The zero-order valence-electron chi connectivity index (χ0n) is 11.4. The molecule has 2 aliphatic rings. The van der Waals surface area contributed by atoms with E-state index in [2.05, 4.69) is 12.2 Å². The molecule has 0 spiro atoms. The normalized spacial score (nSPS) is 27.3. The van der Waals surface area contributed by atoms with E-state index in [4.69, 9.17) is 4.74 Å². The van der Waals surface area contributed by atoms with E-state index < -0.39 is 0 Å². The summed E-state index contributed by atoms with van der Waals surface area (Å²) in [5.74, 6) is 0.671. The van der Waals surface area contributed by atoms with Gasteiger partial charge in [-0.15, -0.1) is 0 Å². The smallest absolute Gasteiger partial charge is 0.126 e. The van der Waals surface area contributed by atoms with Gasteiger partial charge in [0, 0.05) is 6.61 Å². The first kappa shape index (κ1) is 14.0. The zero-order valence-corrected chi connectivity index (χ0v) is 11.4. The van der Waals surface area contributed by atoms with Crippen LogP contribution in [0.3, 0.4) is 0 Å². The lowest BCUT2D eigenvalue weighted by Crippen LogP contribution is -3.14. The lowest BCUT2D eigenvalue weighted by Gasteiger charge is -2.26. The second kappa shape index (κ2) is 7.93. The summed E-state index contributed by atoms with van der Waals surface area (Å²) in [6, 6.07) is 0. The van der Waals surface area contributed by atoms with Crippen LogP contribution < -0.4 is 4.90 Å². The molecule has 0 bridgehead atoms. The highest BCUT2D eigenvalue weighted by Crippen LogP contribution is 2.18. The summed E-state index contributed by atoms with van der Waals surface area (Å²) in [6.07, 6.45) is 11.8. The molecular weight excluding hydrogens is 226 g/mol. The molecule has 0 aromatic heterocycles. The monoisotopic (exact) mass is 254 g/mol. The highest BCUT2D eigenvalue weighted by atomic mass is 16.5. The van der Waals surface area contributed by atoms with Crippen LogP contribution >= 0.6 is 0 Å². The maximum absolute atomic E-state index is 9.97. The van der Waals surface area contributed by atoms with Crippen LogP contribution in [0, 0.1) is 5.92 Å². The van der Waals surface area contributed by atoms with E-state index in [0.717, 1.165) is 19.6 Å². The zero-order chi connectivity index (χ0) is 12.6. The fourth-order valence-corrected chi connectivity index (χ4v) is 3.03. The van der Waals surface area contributed by atoms with Gasteiger partial charge in [-0.05, 0) is 44.4 Å². The minimum atomic E-state index is -0.280. The highest BCUT2D eigenvalue weighted by molar-refractivity contribution is 4.89. The Labute approximate surface area is 111 Å². The van der Waals surface area contributed by atoms with E-state index in [1.165, 1.54) is 45.2 Å². The SMILES string of the molecule is OC(COCC1CC=CCC1)C[NH+]1CCCCC1. The van der Waals surface area contributed by atoms with E-state index >= 15 is 0 Å². The lowest BCUT2D eigenvalue weighted by molar-refractivity contribution is -0.908. The number of ether oxygens (including phenoxy) is 1. The standard InChI is InChI=1S/C15H27NO2/c17-15(11-16-9-5-2-6-10-16)13-18-12-14-7-3-1-4-8-14/h1,3,14-15,17H,2,4-13H2/p+1. The molecule has 1 saturated heterocycles. The van der Waals surface area contributed by atoms with Gasteiger partial charge in [0.25, 0.3) is 0 Å². The van der Waals surface area contributed by atoms with Crippen molar-refractivity contribution in [2.45, 2.75) is 44.6 Å². The molecule has 3 nitrogen and oxygen atoms in total. The number of piperidine rings is 1. The van der Waals surface area contributed by atoms with E-state index in [1.807, 2.05) is 0 Å². The van der Waals surface area contributed by atoms with Crippen LogP contribution in [0.4, 0.5) is 0 Å². The molecule has 2 unspecified atom stereocenters. The first-order valence-electron chi connectivity index (χ1n) is 7.59. The van der Waals surface area contributed by atoms with Crippen LogP contribution in [0.2, 0.25) is 0 Å². The van der Waals surface area contributed by atoms with Crippen molar-refractivity contribution < 1.29 is 14.7 Å². The molecule has 1 fully saturated rings. The number of hydrogen-bond donors (Lipinski definition) is 2. The second-order valence-corrected chi connectivity index (χ2v) is 5.86. The number of aliphatic hydroxyl groups is 1. The summed E-state index contributed by atoms with van der Waals surface area (Å²) < 4.78 is 5.68. The molecule has 0 aromatic carbocycles. The van der Waals surface area contributed by atoms with Gasteiger partial charge in [0.05, 0.1) is 19.7 Å². The van der Waals surface area contributed by atoms with Crippen LogP contribution in [0.1, 0.15) is 38.5 Å². The van der Waals surface area contributed by atoms with Crippen molar-refractivity contribution in [3.63, 3.8) is 0 Å². The third-order valence-electron chi connectivity index (χ3n) is 4.13. The van der Waals surface area contributed by atoms with E-state index in [-0.39, 0.29) is 6.10 Å². The second-order valence-electron chi connectivity index (χ2n) is 5.86. The molecule has 1 aliphatic carbocycles. The maximum atomic E-state index is 9.97. The van der Waals surface area contributed by atoms with Gasteiger partial charge >= 0.3 is 0 Å². The van der Waals surface area contributed by atoms with E-state index in [1.54, 1.807) is 4.90 Å². The quantitative estimate of drug-likeness (QED) is 0.687. The van der Waals surface area contributed by atoms with Crippen LogP contribution in [0.5, 0.6) is 0 Å². The summed E-state index contributed by atoms with van der Waals surface area (Å²) in [5, 5.41) is 9.97. The van der Waals surface area contributed by atoms with E-state index in [0.29, 0.717) is 12.5 Å². The number of hydrogen-bond acceptors (Lipinski definition) is 2. The Morgan fingerprint density at radius 1 is 1.22 bits per heavy atom. The number of likely N-dealkylation sites (tertiary alicyclic amines) is 1. The van der Waals surface area contributed by atoms with Crippen molar-refractivity contribution >= 4 is 0 Å². The molecule has 3 heteroatoms. The van der Waals surface area contributed by atoms with E-state index in [9.17, 15) is 5.11 Å². The van der Waals surface area contributed by atoms with Crippen LogP contribution in [0.25, 0.3) is 0 Å². The fraction of sp³-hybridized carbons (Fsp3) is 0.867. The van der Waals surface area contributed by atoms with Crippen molar-refractivity contribution in [1.29, 1.82) is 0 Å². The first-order valence-corrected chi connectivity index (χ1v) is 7.59. The highest BCUT2D eigenvalue weighted by Gasteiger charge is 2.18. The molecule has 1 heterocycles. The topological polar surface area (TPSA) is 33.9 Å². The Hall–Kier alpha value is -0.380.